The third kappa shape index (κ3) is 4.68. The van der Waals surface area contributed by atoms with E-state index in [-0.39, 0.29) is 43.1 Å². The molecule has 2 fully saturated rings. The summed E-state index contributed by atoms with van der Waals surface area (Å²) < 4.78 is 44.4. The van der Waals surface area contributed by atoms with E-state index < -0.39 is 21.8 Å². The zero-order valence-corrected chi connectivity index (χ0v) is 16.5. The molecule has 1 atom stereocenters. The molecule has 0 spiro atoms. The highest BCUT2D eigenvalue weighted by Gasteiger charge is 2.45. The van der Waals surface area contributed by atoms with Crippen LogP contribution in [0.4, 0.5) is 4.39 Å². The SMILES string of the molecule is COCCNC(=O)C1CC(=O)N(C2CN(S(=O)(=O)Cc3cccc(F)c3)C2)C1. The Bertz CT molecular complexity index is 841. The quantitative estimate of drug-likeness (QED) is 0.603. The van der Waals surface area contributed by atoms with Crippen LogP contribution in [0.3, 0.4) is 0 Å². The number of rotatable bonds is 8. The number of methoxy groups -OCH3 is 1. The summed E-state index contributed by atoms with van der Waals surface area (Å²) in [5, 5.41) is 2.73. The molecule has 0 bridgehead atoms. The van der Waals surface area contributed by atoms with Gasteiger partial charge in [-0.2, -0.15) is 4.31 Å². The van der Waals surface area contributed by atoms with Crippen LogP contribution in [0.5, 0.6) is 0 Å². The predicted molar refractivity (Wildman–Crippen MR) is 99.1 cm³/mol. The molecule has 2 aliphatic heterocycles. The van der Waals surface area contributed by atoms with E-state index in [1.807, 2.05) is 0 Å². The molecule has 10 heteroatoms. The Kier molecular flexibility index (Phi) is 6.31. The molecule has 0 saturated carbocycles. The van der Waals surface area contributed by atoms with Crippen molar-refractivity contribution in [2.24, 2.45) is 5.92 Å². The number of hydrogen-bond donors (Lipinski definition) is 1. The molecule has 0 radical (unpaired) electrons. The maximum atomic E-state index is 13.3. The Morgan fingerprint density at radius 3 is 2.75 bits per heavy atom. The smallest absolute Gasteiger partial charge is 0.225 e. The Hall–Kier alpha value is -2.04. The Balaban J connectivity index is 1.51. The van der Waals surface area contributed by atoms with E-state index in [0.717, 1.165) is 0 Å². The van der Waals surface area contributed by atoms with Crippen molar-refractivity contribution < 1.29 is 27.1 Å². The van der Waals surface area contributed by atoms with Crippen LogP contribution < -0.4 is 5.32 Å². The van der Waals surface area contributed by atoms with Crippen LogP contribution >= 0.6 is 0 Å². The van der Waals surface area contributed by atoms with E-state index in [4.69, 9.17) is 4.74 Å². The van der Waals surface area contributed by atoms with E-state index in [1.165, 1.54) is 29.6 Å². The van der Waals surface area contributed by atoms with Crippen LogP contribution in [0.25, 0.3) is 0 Å². The van der Waals surface area contributed by atoms with Crippen LogP contribution in [0.1, 0.15) is 12.0 Å². The maximum Gasteiger partial charge on any atom is 0.225 e. The highest BCUT2D eigenvalue weighted by Crippen LogP contribution is 2.27. The number of sulfonamides is 1. The predicted octanol–water partition coefficient (Wildman–Crippen LogP) is -0.0492. The summed E-state index contributed by atoms with van der Waals surface area (Å²) in [5.74, 6) is -1.52. The molecule has 2 amide bonds. The highest BCUT2D eigenvalue weighted by atomic mass is 32.2. The van der Waals surface area contributed by atoms with Gasteiger partial charge in [-0.05, 0) is 17.7 Å². The molecule has 8 nitrogen and oxygen atoms in total. The number of nitrogens with one attached hydrogen (secondary N) is 1. The van der Waals surface area contributed by atoms with Crippen molar-refractivity contribution in [2.45, 2.75) is 18.2 Å². The Morgan fingerprint density at radius 1 is 1.32 bits per heavy atom. The first-order valence-electron chi connectivity index (χ1n) is 9.08. The maximum absolute atomic E-state index is 13.3. The summed E-state index contributed by atoms with van der Waals surface area (Å²) in [6.07, 6.45) is 0.130. The highest BCUT2D eigenvalue weighted by molar-refractivity contribution is 7.88. The van der Waals surface area contributed by atoms with E-state index in [2.05, 4.69) is 5.32 Å². The zero-order valence-electron chi connectivity index (χ0n) is 15.6. The van der Waals surface area contributed by atoms with Gasteiger partial charge in [-0.3, -0.25) is 9.59 Å². The second-order valence-corrected chi connectivity index (χ2v) is 9.06. The van der Waals surface area contributed by atoms with Gasteiger partial charge in [0.15, 0.2) is 0 Å². The number of amides is 2. The minimum atomic E-state index is -3.58. The first-order valence-corrected chi connectivity index (χ1v) is 10.7. The van der Waals surface area contributed by atoms with Gasteiger partial charge in [-0.25, -0.2) is 12.8 Å². The van der Waals surface area contributed by atoms with Gasteiger partial charge >= 0.3 is 0 Å². The summed E-state index contributed by atoms with van der Waals surface area (Å²) in [6, 6.07) is 5.27. The van der Waals surface area contributed by atoms with Gasteiger partial charge in [0.05, 0.1) is 24.3 Å². The van der Waals surface area contributed by atoms with Gasteiger partial charge < -0.3 is 15.0 Å². The summed E-state index contributed by atoms with van der Waals surface area (Å²) in [4.78, 5) is 26.0. The van der Waals surface area contributed by atoms with Crippen LogP contribution in [0.15, 0.2) is 24.3 Å². The van der Waals surface area contributed by atoms with Crippen LogP contribution in [-0.2, 0) is 30.1 Å². The normalized spacial score (nSPS) is 21.0. The molecule has 2 aliphatic rings. The average Bonchev–Trinajstić information content (AvgIpc) is 2.95. The molecule has 1 aromatic carbocycles. The topological polar surface area (TPSA) is 96.0 Å². The van der Waals surface area contributed by atoms with Gasteiger partial charge in [-0.15, -0.1) is 0 Å². The number of benzene rings is 1. The summed E-state index contributed by atoms with van der Waals surface area (Å²) in [6.45, 7) is 1.47. The molecule has 28 heavy (non-hydrogen) atoms. The molecule has 1 aromatic rings. The molecule has 2 heterocycles. The first-order chi connectivity index (χ1) is 13.3. The molecule has 0 aromatic heterocycles. The third-order valence-electron chi connectivity index (χ3n) is 5.04. The van der Waals surface area contributed by atoms with Gasteiger partial charge in [0, 0.05) is 39.7 Å². The van der Waals surface area contributed by atoms with E-state index in [9.17, 15) is 22.4 Å². The molecule has 3 rings (SSSR count). The monoisotopic (exact) mass is 413 g/mol. The van der Waals surface area contributed by atoms with Gasteiger partial charge in [0.25, 0.3) is 0 Å². The largest absolute Gasteiger partial charge is 0.383 e. The van der Waals surface area contributed by atoms with Crippen molar-refractivity contribution in [2.75, 3.05) is 39.9 Å². The van der Waals surface area contributed by atoms with Gasteiger partial charge in [-0.1, -0.05) is 12.1 Å². The fourth-order valence-electron chi connectivity index (χ4n) is 3.45. The minimum absolute atomic E-state index is 0.130. The summed E-state index contributed by atoms with van der Waals surface area (Å²) >= 11 is 0. The van der Waals surface area contributed by atoms with E-state index >= 15 is 0 Å². The molecule has 1 N–H and O–H groups in total. The zero-order chi connectivity index (χ0) is 20.3. The number of nitrogens with zero attached hydrogens (tertiary/aromatic N) is 2. The van der Waals surface area contributed by atoms with E-state index in [1.54, 1.807) is 11.0 Å². The fourth-order valence-corrected chi connectivity index (χ4v) is 5.03. The first kappa shape index (κ1) is 20.7. The second kappa shape index (κ2) is 8.54. The third-order valence-corrected chi connectivity index (χ3v) is 6.82. The van der Waals surface area contributed by atoms with Crippen LogP contribution in [0, 0.1) is 11.7 Å². The Morgan fingerprint density at radius 2 is 2.07 bits per heavy atom. The van der Waals surface area contributed by atoms with Crippen LogP contribution in [0.2, 0.25) is 0 Å². The summed E-state index contributed by atoms with van der Waals surface area (Å²) in [5.41, 5.74) is 0.383. The number of likely N-dealkylation sites (tertiary alicyclic amines) is 1. The van der Waals surface area contributed by atoms with Crippen molar-refractivity contribution in [3.8, 4) is 0 Å². The average molecular weight is 413 g/mol. The number of carbonyl (C=O) groups is 2. The molecular formula is C18H24FN3O5S. The molecule has 154 valence electrons. The Labute approximate surface area is 163 Å². The number of halogens is 1. The molecular weight excluding hydrogens is 389 g/mol. The van der Waals surface area contributed by atoms with Crippen molar-refractivity contribution in [1.82, 2.24) is 14.5 Å². The molecule has 0 aliphatic carbocycles. The van der Waals surface area contributed by atoms with Crippen molar-refractivity contribution in [1.29, 1.82) is 0 Å². The van der Waals surface area contributed by atoms with Gasteiger partial charge in [0.1, 0.15) is 5.82 Å². The van der Waals surface area contributed by atoms with Crippen molar-refractivity contribution in [3.63, 3.8) is 0 Å². The number of carbonyl (C=O) groups excluding carboxylic acids is 2. The minimum Gasteiger partial charge on any atom is -0.383 e. The fraction of sp³-hybridized carbons (Fsp3) is 0.556. The van der Waals surface area contributed by atoms with Crippen molar-refractivity contribution in [3.05, 3.63) is 35.6 Å². The lowest BCUT2D eigenvalue weighted by molar-refractivity contribution is -0.132. The van der Waals surface area contributed by atoms with E-state index in [0.29, 0.717) is 25.3 Å². The lowest BCUT2D eigenvalue weighted by Crippen LogP contribution is -2.61. The number of ether oxygens (including phenoxy) is 1. The lowest BCUT2D eigenvalue weighted by Gasteiger charge is -2.43. The van der Waals surface area contributed by atoms with Gasteiger partial charge in [0.2, 0.25) is 21.8 Å². The van der Waals surface area contributed by atoms with Crippen molar-refractivity contribution >= 4 is 21.8 Å². The summed E-state index contributed by atoms with van der Waals surface area (Å²) in [7, 11) is -2.04. The molecule has 1 unspecified atom stereocenters. The molecule has 2 saturated heterocycles. The standard InChI is InChI=1S/C18H24FN3O5S/c1-27-6-5-20-18(24)14-8-17(23)22(9-14)16-10-21(11-16)28(25,26)12-13-3-2-4-15(19)7-13/h2-4,7,14,16H,5-6,8-12H2,1H3,(H,20,24). The number of hydrogen-bond acceptors (Lipinski definition) is 5. The second-order valence-electron chi connectivity index (χ2n) is 7.09. The lowest BCUT2D eigenvalue weighted by atomic mass is 10.1. The van der Waals surface area contributed by atoms with Crippen LogP contribution in [-0.4, -0.2) is 75.4 Å².